The molecule has 0 aromatic carbocycles. The van der Waals surface area contributed by atoms with Crippen LogP contribution in [0.3, 0.4) is 0 Å². The van der Waals surface area contributed by atoms with Crippen LogP contribution in [0.1, 0.15) is 51.9 Å². The van der Waals surface area contributed by atoms with E-state index in [2.05, 4.69) is 6.92 Å². The smallest absolute Gasteiger partial charge is 0.305 e. The van der Waals surface area contributed by atoms with E-state index in [0.717, 1.165) is 18.6 Å². The molecule has 2 nitrogen and oxygen atoms in total. The minimum Gasteiger partial charge on any atom is -0.465 e. The van der Waals surface area contributed by atoms with Crippen molar-refractivity contribution in [2.24, 2.45) is 0 Å². The number of thioether (sulfide) groups is 1. The Hall–Kier alpha value is -0.180. The second-order valence-corrected chi connectivity index (χ2v) is 4.72. The standard InChI is InChI=1S/C12H24O2S/c1-3-4-5-6-7-8-9-12(13)14-10-11-15-2/h3-11H2,1-2H3. The molecule has 15 heavy (non-hydrogen) atoms. The summed E-state index contributed by atoms with van der Waals surface area (Å²) in [6.07, 6.45) is 9.92. The first kappa shape index (κ1) is 14.8. The van der Waals surface area contributed by atoms with Gasteiger partial charge in [-0.1, -0.05) is 39.0 Å². The van der Waals surface area contributed by atoms with Crippen LogP contribution >= 0.6 is 11.8 Å². The van der Waals surface area contributed by atoms with E-state index in [1.54, 1.807) is 11.8 Å². The van der Waals surface area contributed by atoms with Crippen molar-refractivity contribution in [2.75, 3.05) is 18.6 Å². The molecular formula is C12H24O2S. The molecule has 0 radical (unpaired) electrons. The normalized spacial score (nSPS) is 10.3. The fraction of sp³-hybridized carbons (Fsp3) is 0.917. The summed E-state index contributed by atoms with van der Waals surface area (Å²) in [5, 5.41) is 0. The SMILES string of the molecule is CCCCCCCCC(=O)OCCSC. The molecule has 0 aromatic heterocycles. The van der Waals surface area contributed by atoms with Crippen LogP contribution in [0, 0.1) is 0 Å². The van der Waals surface area contributed by atoms with Gasteiger partial charge in [-0.3, -0.25) is 4.79 Å². The molecule has 0 N–H and O–H groups in total. The average Bonchev–Trinajstić information content (AvgIpc) is 2.23. The second-order valence-electron chi connectivity index (χ2n) is 3.73. The highest BCUT2D eigenvalue weighted by Gasteiger charge is 2.01. The lowest BCUT2D eigenvalue weighted by Crippen LogP contribution is -2.06. The van der Waals surface area contributed by atoms with Crippen LogP contribution in [-0.4, -0.2) is 24.6 Å². The van der Waals surface area contributed by atoms with Gasteiger partial charge in [0.25, 0.3) is 0 Å². The van der Waals surface area contributed by atoms with Gasteiger partial charge in [0.1, 0.15) is 6.61 Å². The van der Waals surface area contributed by atoms with E-state index in [1.807, 2.05) is 6.26 Å². The quantitative estimate of drug-likeness (QED) is 0.425. The van der Waals surface area contributed by atoms with Crippen LogP contribution in [0.4, 0.5) is 0 Å². The van der Waals surface area contributed by atoms with Crippen molar-refractivity contribution in [3.63, 3.8) is 0 Å². The van der Waals surface area contributed by atoms with Gasteiger partial charge >= 0.3 is 5.97 Å². The Labute approximate surface area is 98.2 Å². The van der Waals surface area contributed by atoms with E-state index in [9.17, 15) is 4.79 Å². The summed E-state index contributed by atoms with van der Waals surface area (Å²) >= 11 is 1.70. The Morgan fingerprint density at radius 3 is 2.47 bits per heavy atom. The number of carbonyl (C=O) groups excluding carboxylic acids is 1. The van der Waals surface area contributed by atoms with E-state index in [-0.39, 0.29) is 5.97 Å². The minimum atomic E-state index is -0.0282. The fourth-order valence-corrected chi connectivity index (χ4v) is 1.61. The van der Waals surface area contributed by atoms with Crippen molar-refractivity contribution in [3.05, 3.63) is 0 Å². The Kier molecular flexibility index (Phi) is 11.7. The average molecular weight is 232 g/mol. The van der Waals surface area contributed by atoms with Crippen molar-refractivity contribution in [2.45, 2.75) is 51.9 Å². The van der Waals surface area contributed by atoms with E-state index in [1.165, 1.54) is 25.7 Å². The maximum atomic E-state index is 11.2. The highest BCUT2D eigenvalue weighted by molar-refractivity contribution is 7.98. The van der Waals surface area contributed by atoms with E-state index < -0.39 is 0 Å². The van der Waals surface area contributed by atoms with Crippen LogP contribution in [0.2, 0.25) is 0 Å². The zero-order chi connectivity index (χ0) is 11.4. The molecule has 3 heteroatoms. The molecule has 0 aliphatic carbocycles. The summed E-state index contributed by atoms with van der Waals surface area (Å²) in [5.41, 5.74) is 0. The summed E-state index contributed by atoms with van der Waals surface area (Å²) in [6.45, 7) is 2.78. The van der Waals surface area contributed by atoms with Crippen molar-refractivity contribution >= 4 is 17.7 Å². The van der Waals surface area contributed by atoms with Crippen LogP contribution in [0.5, 0.6) is 0 Å². The summed E-state index contributed by atoms with van der Waals surface area (Å²) in [7, 11) is 0. The van der Waals surface area contributed by atoms with Gasteiger partial charge in [0, 0.05) is 12.2 Å². The van der Waals surface area contributed by atoms with Gasteiger partial charge in [0.05, 0.1) is 0 Å². The third-order valence-electron chi connectivity index (χ3n) is 2.28. The van der Waals surface area contributed by atoms with Crippen LogP contribution in [0.25, 0.3) is 0 Å². The lowest BCUT2D eigenvalue weighted by atomic mass is 10.1. The van der Waals surface area contributed by atoms with Gasteiger partial charge in [0.2, 0.25) is 0 Å². The van der Waals surface area contributed by atoms with E-state index in [0.29, 0.717) is 13.0 Å². The third-order valence-corrected chi connectivity index (χ3v) is 2.86. The Bertz CT molecular complexity index is 149. The highest BCUT2D eigenvalue weighted by atomic mass is 32.2. The molecule has 0 aliphatic rings. The van der Waals surface area contributed by atoms with Gasteiger partial charge in [0.15, 0.2) is 0 Å². The predicted molar refractivity (Wildman–Crippen MR) is 67.3 cm³/mol. The first-order valence-electron chi connectivity index (χ1n) is 5.95. The van der Waals surface area contributed by atoms with E-state index >= 15 is 0 Å². The predicted octanol–water partition coefficient (Wildman–Crippen LogP) is 3.64. The molecule has 0 rings (SSSR count). The molecule has 0 bridgehead atoms. The summed E-state index contributed by atoms with van der Waals surface area (Å²) < 4.78 is 5.05. The number of hydrogen-bond acceptors (Lipinski definition) is 3. The first-order valence-corrected chi connectivity index (χ1v) is 7.35. The maximum Gasteiger partial charge on any atom is 0.305 e. The third kappa shape index (κ3) is 11.7. The van der Waals surface area contributed by atoms with Crippen molar-refractivity contribution in [3.8, 4) is 0 Å². The second kappa shape index (κ2) is 11.9. The lowest BCUT2D eigenvalue weighted by molar-refractivity contribution is -0.143. The zero-order valence-corrected chi connectivity index (χ0v) is 10.9. The van der Waals surface area contributed by atoms with Gasteiger partial charge in [-0.15, -0.1) is 0 Å². The molecule has 0 aliphatic heterocycles. The number of unbranched alkanes of at least 4 members (excludes halogenated alkanes) is 5. The molecule has 0 amide bonds. The van der Waals surface area contributed by atoms with Gasteiger partial charge in [-0.05, 0) is 12.7 Å². The van der Waals surface area contributed by atoms with Crippen LogP contribution < -0.4 is 0 Å². The Balaban J connectivity index is 3.10. The number of hydrogen-bond donors (Lipinski definition) is 0. The summed E-state index contributed by atoms with van der Waals surface area (Å²) in [6, 6.07) is 0. The van der Waals surface area contributed by atoms with Gasteiger partial charge in [-0.2, -0.15) is 11.8 Å². The number of ether oxygens (including phenoxy) is 1. The molecule has 90 valence electrons. The molecule has 0 spiro atoms. The molecule has 0 saturated carbocycles. The molecule has 0 aromatic rings. The fourth-order valence-electron chi connectivity index (χ4n) is 1.36. The highest BCUT2D eigenvalue weighted by Crippen LogP contribution is 2.07. The maximum absolute atomic E-state index is 11.2. The molecule has 0 heterocycles. The lowest BCUT2D eigenvalue weighted by Gasteiger charge is -2.03. The Morgan fingerprint density at radius 2 is 1.80 bits per heavy atom. The summed E-state index contributed by atoms with van der Waals surface area (Å²) in [4.78, 5) is 11.2. The molecule has 0 atom stereocenters. The van der Waals surface area contributed by atoms with Crippen LogP contribution in [0.15, 0.2) is 0 Å². The van der Waals surface area contributed by atoms with Crippen LogP contribution in [-0.2, 0) is 9.53 Å². The van der Waals surface area contributed by atoms with E-state index in [4.69, 9.17) is 4.74 Å². The minimum absolute atomic E-state index is 0.0282. The zero-order valence-electron chi connectivity index (χ0n) is 10.1. The first-order chi connectivity index (χ1) is 7.31. The van der Waals surface area contributed by atoms with Crippen molar-refractivity contribution in [1.29, 1.82) is 0 Å². The number of rotatable bonds is 10. The monoisotopic (exact) mass is 232 g/mol. The molecular weight excluding hydrogens is 208 g/mol. The molecule has 0 saturated heterocycles. The van der Waals surface area contributed by atoms with Crippen molar-refractivity contribution in [1.82, 2.24) is 0 Å². The van der Waals surface area contributed by atoms with Gasteiger partial charge < -0.3 is 4.74 Å². The summed E-state index contributed by atoms with van der Waals surface area (Å²) in [5.74, 6) is 0.877. The Morgan fingerprint density at radius 1 is 1.13 bits per heavy atom. The molecule has 0 unspecified atom stereocenters. The topological polar surface area (TPSA) is 26.3 Å². The largest absolute Gasteiger partial charge is 0.465 e. The van der Waals surface area contributed by atoms with Gasteiger partial charge in [-0.25, -0.2) is 0 Å². The number of carbonyl (C=O) groups is 1. The molecule has 0 fully saturated rings. The van der Waals surface area contributed by atoms with Crippen molar-refractivity contribution < 1.29 is 9.53 Å². The number of esters is 1.